The number of hydrogen-bond acceptors (Lipinski definition) is 2. The maximum Gasteiger partial charge on any atom is 0.197 e. The van der Waals surface area contributed by atoms with E-state index in [0.29, 0.717) is 15.8 Å². The maximum atomic E-state index is 12.5. The molecule has 0 aliphatic carbocycles. The molecule has 18 heavy (non-hydrogen) atoms. The summed E-state index contributed by atoms with van der Waals surface area (Å²) in [4.78, 5) is 12.5. The molecule has 0 aliphatic rings. The summed E-state index contributed by atoms with van der Waals surface area (Å²) >= 11 is 7.70. The van der Waals surface area contributed by atoms with Crippen molar-refractivity contribution in [3.05, 3.63) is 63.8 Å². The van der Waals surface area contributed by atoms with Gasteiger partial charge in [0.25, 0.3) is 0 Å². The fourth-order valence-corrected chi connectivity index (χ4v) is 3.59. The van der Waals surface area contributed by atoms with Gasteiger partial charge in [-0.15, -0.1) is 11.3 Å². The second-order valence-corrected chi connectivity index (χ2v) is 5.43. The molecule has 1 nitrogen and oxygen atoms in total. The van der Waals surface area contributed by atoms with Gasteiger partial charge in [0, 0.05) is 14.8 Å². The van der Waals surface area contributed by atoms with Gasteiger partial charge in [-0.2, -0.15) is 0 Å². The second-order valence-electron chi connectivity index (χ2n) is 3.97. The zero-order chi connectivity index (χ0) is 12.7. The van der Waals surface area contributed by atoms with Crippen LogP contribution in [0.15, 0.2) is 47.8 Å². The summed E-state index contributed by atoms with van der Waals surface area (Å²) in [5, 5.41) is 1.83. The number of halogens is 1. The molecule has 0 N–H and O–H groups in total. The molecule has 88 valence electrons. The molecule has 3 heteroatoms. The summed E-state index contributed by atoms with van der Waals surface area (Å²) in [7, 11) is 0. The Kier molecular flexibility index (Phi) is 2.69. The Morgan fingerprint density at radius 2 is 1.94 bits per heavy atom. The van der Waals surface area contributed by atoms with Crippen LogP contribution in [0.2, 0.25) is 5.02 Å². The summed E-state index contributed by atoms with van der Waals surface area (Å²) in [5.41, 5.74) is 0.976. The van der Waals surface area contributed by atoms with Gasteiger partial charge in [0.05, 0.1) is 10.4 Å². The lowest BCUT2D eigenvalue weighted by molar-refractivity contribution is 1.73. The van der Waals surface area contributed by atoms with Crippen molar-refractivity contribution < 1.29 is 0 Å². The molecule has 0 amide bonds. The normalized spacial score (nSPS) is 10.9. The topological polar surface area (TPSA) is 17.1 Å². The Morgan fingerprint density at radius 1 is 1.17 bits per heavy atom. The monoisotopic (exact) mass is 272 g/mol. The van der Waals surface area contributed by atoms with Crippen LogP contribution in [0.1, 0.15) is 5.56 Å². The van der Waals surface area contributed by atoms with Crippen molar-refractivity contribution >= 4 is 49.2 Å². The first-order valence-electron chi connectivity index (χ1n) is 5.49. The number of benzene rings is 2. The number of hydrogen-bond donors (Lipinski definition) is 0. The first-order valence-corrected chi connectivity index (χ1v) is 6.68. The van der Waals surface area contributed by atoms with E-state index in [1.807, 2.05) is 30.3 Å². The average Bonchev–Trinajstić information content (AvgIpc) is 2.38. The molecule has 0 aliphatic heterocycles. The quantitative estimate of drug-likeness (QED) is 0.586. The summed E-state index contributed by atoms with van der Waals surface area (Å²) in [5.74, 6) is 0. The molecule has 2 aromatic carbocycles. The fourth-order valence-electron chi connectivity index (χ4n) is 2.06. The van der Waals surface area contributed by atoms with E-state index in [1.54, 1.807) is 23.5 Å². The Balaban J connectivity index is 2.65. The van der Waals surface area contributed by atoms with Crippen LogP contribution >= 0.6 is 22.9 Å². The van der Waals surface area contributed by atoms with E-state index in [4.69, 9.17) is 11.6 Å². The molecule has 3 aromatic rings. The highest BCUT2D eigenvalue weighted by molar-refractivity contribution is 7.24. The minimum absolute atomic E-state index is 0.00644. The zero-order valence-electron chi connectivity index (χ0n) is 9.44. The highest BCUT2D eigenvalue weighted by Crippen LogP contribution is 2.30. The van der Waals surface area contributed by atoms with Gasteiger partial charge < -0.3 is 0 Å². The third-order valence-electron chi connectivity index (χ3n) is 2.92. The van der Waals surface area contributed by atoms with Crippen molar-refractivity contribution in [2.75, 3.05) is 0 Å². The summed E-state index contributed by atoms with van der Waals surface area (Å²) in [6.07, 6.45) is 1.77. The Labute approximate surface area is 113 Å². The molecular weight excluding hydrogens is 264 g/mol. The lowest BCUT2D eigenvalue weighted by Crippen LogP contribution is -2.01. The van der Waals surface area contributed by atoms with E-state index >= 15 is 0 Å². The van der Waals surface area contributed by atoms with E-state index < -0.39 is 0 Å². The Hall–Kier alpha value is -1.64. The zero-order valence-corrected chi connectivity index (χ0v) is 11.0. The van der Waals surface area contributed by atoms with Gasteiger partial charge in [0.1, 0.15) is 0 Å². The van der Waals surface area contributed by atoms with Gasteiger partial charge in [0.2, 0.25) is 0 Å². The standard InChI is InChI=1S/C15H9ClOS/c1-2-9-5-3-6-10-14(17)13-11(16)7-4-8-12(13)18-15(9)10/h2-8H,1H2. The average molecular weight is 273 g/mol. The van der Waals surface area contributed by atoms with Crippen molar-refractivity contribution in [1.82, 2.24) is 0 Å². The minimum Gasteiger partial charge on any atom is -0.288 e. The Morgan fingerprint density at radius 3 is 2.72 bits per heavy atom. The fraction of sp³-hybridized carbons (Fsp3) is 0. The molecule has 0 atom stereocenters. The molecule has 1 heterocycles. The van der Waals surface area contributed by atoms with E-state index in [2.05, 4.69) is 6.58 Å². The largest absolute Gasteiger partial charge is 0.288 e. The predicted molar refractivity (Wildman–Crippen MR) is 80.7 cm³/mol. The van der Waals surface area contributed by atoms with Crippen molar-refractivity contribution in [2.24, 2.45) is 0 Å². The summed E-state index contributed by atoms with van der Waals surface area (Å²) in [6.45, 7) is 3.79. The van der Waals surface area contributed by atoms with Gasteiger partial charge in [0.15, 0.2) is 5.43 Å². The van der Waals surface area contributed by atoms with Crippen LogP contribution in [0.5, 0.6) is 0 Å². The summed E-state index contributed by atoms with van der Waals surface area (Å²) < 4.78 is 1.88. The third kappa shape index (κ3) is 1.57. The van der Waals surface area contributed by atoms with Crippen molar-refractivity contribution in [1.29, 1.82) is 0 Å². The van der Waals surface area contributed by atoms with E-state index in [0.717, 1.165) is 15.0 Å². The van der Waals surface area contributed by atoms with Crippen LogP contribution in [0.3, 0.4) is 0 Å². The minimum atomic E-state index is -0.00644. The van der Waals surface area contributed by atoms with Crippen molar-refractivity contribution in [3.8, 4) is 0 Å². The van der Waals surface area contributed by atoms with Gasteiger partial charge in [-0.1, -0.05) is 42.5 Å². The molecular formula is C15H9ClOS. The van der Waals surface area contributed by atoms with Crippen molar-refractivity contribution in [3.63, 3.8) is 0 Å². The first kappa shape index (κ1) is 11.5. The molecule has 3 rings (SSSR count). The smallest absolute Gasteiger partial charge is 0.197 e. The maximum absolute atomic E-state index is 12.5. The van der Waals surface area contributed by atoms with E-state index in [1.165, 1.54) is 0 Å². The van der Waals surface area contributed by atoms with Gasteiger partial charge in [-0.05, 0) is 23.8 Å². The third-order valence-corrected chi connectivity index (χ3v) is 4.46. The molecule has 0 spiro atoms. The molecule has 0 fully saturated rings. The van der Waals surface area contributed by atoms with Crippen LogP contribution in [0.25, 0.3) is 26.2 Å². The molecule has 0 saturated carbocycles. The lowest BCUT2D eigenvalue weighted by Gasteiger charge is -2.04. The van der Waals surface area contributed by atoms with E-state index in [9.17, 15) is 4.79 Å². The van der Waals surface area contributed by atoms with Crippen LogP contribution in [0, 0.1) is 0 Å². The lowest BCUT2D eigenvalue weighted by atomic mass is 10.1. The molecule has 1 aromatic heterocycles. The van der Waals surface area contributed by atoms with Crippen LogP contribution in [-0.4, -0.2) is 0 Å². The van der Waals surface area contributed by atoms with Gasteiger partial charge in [-0.25, -0.2) is 0 Å². The van der Waals surface area contributed by atoms with Crippen LogP contribution in [0.4, 0.5) is 0 Å². The Bertz CT molecular complexity index is 833. The highest BCUT2D eigenvalue weighted by Gasteiger charge is 2.10. The van der Waals surface area contributed by atoms with E-state index in [-0.39, 0.29) is 5.43 Å². The predicted octanol–water partition coefficient (Wildman–Crippen LogP) is 4.71. The highest BCUT2D eigenvalue weighted by atomic mass is 35.5. The number of fused-ring (bicyclic) bond motifs is 2. The van der Waals surface area contributed by atoms with Gasteiger partial charge >= 0.3 is 0 Å². The summed E-state index contributed by atoms with van der Waals surface area (Å²) in [6, 6.07) is 11.2. The SMILES string of the molecule is C=Cc1cccc2c(=O)c3c(Cl)cccc3sc12. The molecule has 0 bridgehead atoms. The number of rotatable bonds is 1. The first-order chi connectivity index (χ1) is 8.72. The molecule has 0 unspecified atom stereocenters. The van der Waals surface area contributed by atoms with Gasteiger partial charge in [-0.3, -0.25) is 4.79 Å². The second kappa shape index (κ2) is 4.23. The molecule has 0 saturated heterocycles. The van der Waals surface area contributed by atoms with Crippen molar-refractivity contribution in [2.45, 2.75) is 0 Å². The molecule has 0 radical (unpaired) electrons. The van der Waals surface area contributed by atoms with Crippen LogP contribution in [-0.2, 0) is 0 Å². The van der Waals surface area contributed by atoms with Crippen LogP contribution < -0.4 is 5.43 Å².